The summed E-state index contributed by atoms with van der Waals surface area (Å²) in [7, 11) is 0. The highest BCUT2D eigenvalue weighted by molar-refractivity contribution is 5.86. The third-order valence-corrected chi connectivity index (χ3v) is 4.86. The van der Waals surface area contributed by atoms with Gasteiger partial charge < -0.3 is 15.1 Å². The number of likely N-dealkylation sites (tertiary alicyclic amines) is 1. The van der Waals surface area contributed by atoms with E-state index in [1.54, 1.807) is 11.1 Å². The Kier molecular flexibility index (Phi) is 5.80. The van der Waals surface area contributed by atoms with Crippen molar-refractivity contribution in [3.05, 3.63) is 30.1 Å². The third-order valence-electron chi connectivity index (χ3n) is 4.86. The van der Waals surface area contributed by atoms with Gasteiger partial charge in [0.15, 0.2) is 0 Å². The summed E-state index contributed by atoms with van der Waals surface area (Å²) in [5, 5.41) is 3.40. The second-order valence-electron chi connectivity index (χ2n) is 6.60. The molecule has 1 N–H and O–H groups in total. The molecule has 0 aromatic carbocycles. The molecule has 2 amide bonds. The second-order valence-corrected chi connectivity index (χ2v) is 6.60. The van der Waals surface area contributed by atoms with Gasteiger partial charge >= 0.3 is 0 Å². The van der Waals surface area contributed by atoms with Gasteiger partial charge in [0.25, 0.3) is 0 Å². The van der Waals surface area contributed by atoms with Gasteiger partial charge in [-0.15, -0.1) is 0 Å². The van der Waals surface area contributed by atoms with Crippen molar-refractivity contribution in [2.45, 2.75) is 44.7 Å². The summed E-state index contributed by atoms with van der Waals surface area (Å²) in [5.41, 5.74) is 0.899. The Balaban J connectivity index is 1.72. The van der Waals surface area contributed by atoms with E-state index in [0.29, 0.717) is 19.5 Å². The summed E-state index contributed by atoms with van der Waals surface area (Å²) in [6.45, 7) is 3.36. The van der Waals surface area contributed by atoms with Gasteiger partial charge in [-0.25, -0.2) is 0 Å². The lowest BCUT2D eigenvalue weighted by molar-refractivity contribution is -0.140. The first kappa shape index (κ1) is 16.9. The first-order valence-electron chi connectivity index (χ1n) is 8.92. The molecule has 0 spiro atoms. The van der Waals surface area contributed by atoms with Crippen LogP contribution in [0.2, 0.25) is 0 Å². The van der Waals surface area contributed by atoms with Crippen LogP contribution in [-0.2, 0) is 16.1 Å². The maximum Gasteiger partial charge on any atom is 0.242 e. The summed E-state index contributed by atoms with van der Waals surface area (Å²) < 4.78 is 0. The lowest BCUT2D eigenvalue weighted by Gasteiger charge is -2.32. The Bertz CT molecular complexity index is 555. The first-order chi connectivity index (χ1) is 11.7. The van der Waals surface area contributed by atoms with Crippen molar-refractivity contribution in [3.63, 3.8) is 0 Å². The molecule has 3 rings (SSSR count). The summed E-state index contributed by atoms with van der Waals surface area (Å²) in [6.07, 6.45) is 6.21. The number of aromatic nitrogens is 1. The molecule has 1 atom stereocenters. The lowest BCUT2D eigenvalue weighted by atomic mass is 10.1. The second kappa shape index (κ2) is 8.24. The van der Waals surface area contributed by atoms with E-state index < -0.39 is 0 Å². The lowest BCUT2D eigenvalue weighted by Crippen LogP contribution is -2.46. The van der Waals surface area contributed by atoms with Crippen LogP contribution in [0.25, 0.3) is 0 Å². The molecule has 24 heavy (non-hydrogen) atoms. The maximum atomic E-state index is 12.9. The van der Waals surface area contributed by atoms with Gasteiger partial charge in [-0.05, 0) is 50.9 Å². The van der Waals surface area contributed by atoms with E-state index in [1.165, 1.54) is 0 Å². The zero-order valence-corrected chi connectivity index (χ0v) is 14.1. The molecule has 2 saturated heterocycles. The molecule has 130 valence electrons. The number of carbonyl (C=O) groups excluding carboxylic acids is 2. The summed E-state index contributed by atoms with van der Waals surface area (Å²) in [5.74, 6) is 0.145. The van der Waals surface area contributed by atoms with Crippen LogP contribution in [0.1, 0.15) is 37.8 Å². The van der Waals surface area contributed by atoms with Crippen molar-refractivity contribution >= 4 is 11.8 Å². The van der Waals surface area contributed by atoms with Crippen LogP contribution in [0.5, 0.6) is 0 Å². The van der Waals surface area contributed by atoms with Crippen molar-refractivity contribution in [2.24, 2.45) is 0 Å². The zero-order valence-electron chi connectivity index (χ0n) is 14.1. The van der Waals surface area contributed by atoms with E-state index in [1.807, 2.05) is 23.1 Å². The maximum absolute atomic E-state index is 12.9. The molecule has 1 aromatic heterocycles. The molecule has 2 aliphatic rings. The standard InChI is InChI=1S/C18H26N4O2/c23-17-7-4-12-21(17)14-18(24)22(13-15-5-1-2-10-20-15)16-6-3-9-19-11-8-16/h1-2,5,10,16,19H,3-4,6-9,11-14H2. The van der Waals surface area contributed by atoms with Gasteiger partial charge in [-0.2, -0.15) is 0 Å². The minimum atomic E-state index is 0.0443. The Labute approximate surface area is 143 Å². The van der Waals surface area contributed by atoms with E-state index in [4.69, 9.17) is 0 Å². The Morgan fingerprint density at radius 2 is 2.21 bits per heavy atom. The number of rotatable bonds is 5. The molecule has 1 unspecified atom stereocenters. The van der Waals surface area contributed by atoms with E-state index >= 15 is 0 Å². The molecule has 0 saturated carbocycles. The van der Waals surface area contributed by atoms with Gasteiger partial charge in [0, 0.05) is 25.2 Å². The highest BCUT2D eigenvalue weighted by atomic mass is 16.2. The van der Waals surface area contributed by atoms with Crippen molar-refractivity contribution in [2.75, 3.05) is 26.2 Å². The Morgan fingerprint density at radius 1 is 1.29 bits per heavy atom. The van der Waals surface area contributed by atoms with E-state index in [0.717, 1.165) is 44.5 Å². The predicted octanol–water partition coefficient (Wildman–Crippen LogP) is 1.17. The van der Waals surface area contributed by atoms with Crippen LogP contribution in [0.4, 0.5) is 0 Å². The van der Waals surface area contributed by atoms with Crippen LogP contribution in [0.15, 0.2) is 24.4 Å². The van der Waals surface area contributed by atoms with Gasteiger partial charge in [0.1, 0.15) is 0 Å². The molecule has 1 aromatic rings. The van der Waals surface area contributed by atoms with E-state index in [2.05, 4.69) is 10.3 Å². The van der Waals surface area contributed by atoms with Gasteiger partial charge in [-0.1, -0.05) is 6.07 Å². The number of hydrogen-bond donors (Lipinski definition) is 1. The van der Waals surface area contributed by atoms with Crippen molar-refractivity contribution in [3.8, 4) is 0 Å². The van der Waals surface area contributed by atoms with Gasteiger partial charge in [-0.3, -0.25) is 14.6 Å². The van der Waals surface area contributed by atoms with Crippen molar-refractivity contribution in [1.29, 1.82) is 0 Å². The SMILES string of the molecule is O=C1CCCN1CC(=O)N(Cc1ccccn1)C1CCCNCC1. The molecule has 3 heterocycles. The fourth-order valence-corrected chi connectivity index (χ4v) is 3.52. The molecule has 6 nitrogen and oxygen atoms in total. The first-order valence-corrected chi connectivity index (χ1v) is 8.92. The molecule has 0 aliphatic carbocycles. The van der Waals surface area contributed by atoms with Crippen molar-refractivity contribution < 1.29 is 9.59 Å². The molecule has 2 fully saturated rings. The number of carbonyl (C=O) groups is 2. The number of pyridine rings is 1. The normalized spacial score (nSPS) is 21.6. The fourth-order valence-electron chi connectivity index (χ4n) is 3.52. The average molecular weight is 330 g/mol. The van der Waals surface area contributed by atoms with Crippen LogP contribution in [0, 0.1) is 0 Å². The van der Waals surface area contributed by atoms with E-state index in [9.17, 15) is 9.59 Å². The topological polar surface area (TPSA) is 65.5 Å². The van der Waals surface area contributed by atoms with Crippen LogP contribution in [0.3, 0.4) is 0 Å². The summed E-state index contributed by atoms with van der Waals surface area (Å²) in [4.78, 5) is 32.8. The molecule has 6 heteroatoms. The van der Waals surface area contributed by atoms with Crippen LogP contribution >= 0.6 is 0 Å². The predicted molar refractivity (Wildman–Crippen MR) is 91.1 cm³/mol. The quantitative estimate of drug-likeness (QED) is 0.880. The molecule has 0 bridgehead atoms. The Morgan fingerprint density at radius 3 is 2.96 bits per heavy atom. The Hall–Kier alpha value is -1.95. The molecular formula is C18H26N4O2. The minimum Gasteiger partial charge on any atom is -0.333 e. The molecule has 2 aliphatic heterocycles. The van der Waals surface area contributed by atoms with Crippen LogP contribution in [-0.4, -0.2) is 58.8 Å². The number of nitrogens with zero attached hydrogens (tertiary/aromatic N) is 3. The fraction of sp³-hybridized carbons (Fsp3) is 0.611. The van der Waals surface area contributed by atoms with E-state index in [-0.39, 0.29) is 24.4 Å². The van der Waals surface area contributed by atoms with Crippen LogP contribution < -0.4 is 5.32 Å². The number of hydrogen-bond acceptors (Lipinski definition) is 4. The minimum absolute atomic E-state index is 0.0443. The molecule has 0 radical (unpaired) electrons. The number of nitrogens with one attached hydrogen (secondary N) is 1. The largest absolute Gasteiger partial charge is 0.333 e. The highest BCUT2D eigenvalue weighted by Crippen LogP contribution is 2.18. The molecular weight excluding hydrogens is 304 g/mol. The number of amides is 2. The summed E-state index contributed by atoms with van der Waals surface area (Å²) in [6, 6.07) is 6.00. The zero-order chi connectivity index (χ0) is 16.8. The summed E-state index contributed by atoms with van der Waals surface area (Å²) >= 11 is 0. The van der Waals surface area contributed by atoms with Gasteiger partial charge in [0.2, 0.25) is 11.8 Å². The third kappa shape index (κ3) is 4.32. The smallest absolute Gasteiger partial charge is 0.242 e. The van der Waals surface area contributed by atoms with Gasteiger partial charge in [0.05, 0.1) is 18.8 Å². The average Bonchev–Trinajstić information content (AvgIpc) is 2.85. The monoisotopic (exact) mass is 330 g/mol. The van der Waals surface area contributed by atoms with Crippen molar-refractivity contribution in [1.82, 2.24) is 20.1 Å². The highest BCUT2D eigenvalue weighted by Gasteiger charge is 2.29.